The van der Waals surface area contributed by atoms with E-state index in [1.807, 2.05) is 38.1 Å². The number of carboxylic acids is 1. The molecule has 2 N–H and O–H groups in total. The van der Waals surface area contributed by atoms with Crippen LogP contribution in [0, 0.1) is 13.8 Å². The minimum absolute atomic E-state index is 0.228. The number of benzene rings is 3. The molecule has 34 heavy (non-hydrogen) atoms. The Kier molecular flexibility index (Phi) is 6.93. The molecule has 1 aliphatic heterocycles. The number of hydrogen-bond acceptors (Lipinski definition) is 5. The van der Waals surface area contributed by atoms with Gasteiger partial charge in [-0.3, -0.25) is 9.59 Å². The molecule has 0 radical (unpaired) electrons. The van der Waals surface area contributed by atoms with Gasteiger partial charge in [0, 0.05) is 16.3 Å². The Hall–Kier alpha value is -3.71. The van der Waals surface area contributed by atoms with Crippen LogP contribution < -0.4 is 19.5 Å². The summed E-state index contributed by atoms with van der Waals surface area (Å²) >= 11 is 6.07. The van der Waals surface area contributed by atoms with Gasteiger partial charge in [0.15, 0.2) is 17.6 Å². The van der Waals surface area contributed by atoms with Gasteiger partial charge in [0.1, 0.15) is 19.0 Å². The highest BCUT2D eigenvalue weighted by Crippen LogP contribution is 2.31. The van der Waals surface area contributed by atoms with Gasteiger partial charge in [0.25, 0.3) is 5.91 Å². The molecule has 8 heteroatoms. The number of ether oxygens (including phenoxy) is 3. The second kappa shape index (κ2) is 10.1. The van der Waals surface area contributed by atoms with Crippen LogP contribution >= 0.6 is 11.6 Å². The molecule has 0 aliphatic carbocycles. The number of amides is 1. The average molecular weight is 482 g/mol. The topological polar surface area (TPSA) is 94.1 Å². The highest BCUT2D eigenvalue weighted by molar-refractivity contribution is 6.31. The van der Waals surface area contributed by atoms with E-state index < -0.39 is 5.97 Å². The second-order valence-electron chi connectivity index (χ2n) is 8.07. The summed E-state index contributed by atoms with van der Waals surface area (Å²) in [5.41, 5.74) is 2.92. The lowest BCUT2D eigenvalue weighted by Crippen LogP contribution is -2.34. The quantitative estimate of drug-likeness (QED) is 0.490. The molecular formula is C26H24ClNO6. The van der Waals surface area contributed by atoms with E-state index >= 15 is 0 Å². The highest BCUT2D eigenvalue weighted by atomic mass is 35.5. The molecule has 0 saturated carbocycles. The van der Waals surface area contributed by atoms with Gasteiger partial charge in [-0.15, -0.1) is 0 Å². The van der Waals surface area contributed by atoms with Crippen molar-refractivity contribution in [1.29, 1.82) is 0 Å². The average Bonchev–Trinajstić information content (AvgIpc) is 2.79. The van der Waals surface area contributed by atoms with E-state index in [0.29, 0.717) is 46.5 Å². The molecule has 1 aliphatic rings. The van der Waals surface area contributed by atoms with E-state index in [-0.39, 0.29) is 18.4 Å². The number of carbonyl (C=O) groups is 2. The van der Waals surface area contributed by atoms with E-state index in [4.69, 9.17) is 30.9 Å². The lowest BCUT2D eigenvalue weighted by Gasteiger charge is -2.26. The summed E-state index contributed by atoms with van der Waals surface area (Å²) in [4.78, 5) is 24.0. The first kappa shape index (κ1) is 23.4. The number of carbonyl (C=O) groups excluding carboxylic acids is 1. The zero-order valence-corrected chi connectivity index (χ0v) is 19.5. The number of hydrogen-bond donors (Lipinski definition) is 2. The number of para-hydroxylation sites is 2. The molecule has 3 aromatic carbocycles. The molecule has 1 atom stereocenters. The van der Waals surface area contributed by atoms with Crippen molar-refractivity contribution in [2.45, 2.75) is 26.4 Å². The third-order valence-corrected chi connectivity index (χ3v) is 5.75. The monoisotopic (exact) mass is 481 g/mol. The smallest absolute Gasteiger partial charge is 0.307 e. The maximum absolute atomic E-state index is 13.0. The van der Waals surface area contributed by atoms with Crippen LogP contribution in [0.5, 0.6) is 17.2 Å². The van der Waals surface area contributed by atoms with Gasteiger partial charge < -0.3 is 24.6 Å². The number of anilines is 1. The van der Waals surface area contributed by atoms with Crippen LogP contribution in [0.1, 0.15) is 27.0 Å². The molecule has 0 fully saturated rings. The number of nitrogens with one attached hydrogen (secondary N) is 1. The summed E-state index contributed by atoms with van der Waals surface area (Å²) in [5, 5.41) is 12.2. The molecule has 7 nitrogen and oxygen atoms in total. The fourth-order valence-electron chi connectivity index (χ4n) is 3.84. The Bertz CT molecular complexity index is 1220. The van der Waals surface area contributed by atoms with Crippen molar-refractivity contribution in [3.05, 3.63) is 81.9 Å². The van der Waals surface area contributed by atoms with Gasteiger partial charge in [0.2, 0.25) is 0 Å². The van der Waals surface area contributed by atoms with Crippen LogP contribution in [-0.4, -0.2) is 36.3 Å². The van der Waals surface area contributed by atoms with E-state index in [1.54, 1.807) is 30.3 Å². The van der Waals surface area contributed by atoms with Crippen LogP contribution in [0.15, 0.2) is 54.6 Å². The summed E-state index contributed by atoms with van der Waals surface area (Å²) < 4.78 is 17.6. The molecule has 0 bridgehead atoms. The lowest BCUT2D eigenvalue weighted by atomic mass is 10.0. The zero-order chi connectivity index (χ0) is 24.2. The van der Waals surface area contributed by atoms with Crippen LogP contribution in [-0.2, 0) is 11.2 Å². The number of halogens is 1. The van der Waals surface area contributed by atoms with Gasteiger partial charge in [-0.25, -0.2) is 0 Å². The molecule has 1 heterocycles. The van der Waals surface area contributed by atoms with Crippen LogP contribution in [0.25, 0.3) is 0 Å². The number of carboxylic acid groups (broad SMARTS) is 1. The molecule has 4 rings (SSSR count). The minimum atomic E-state index is -0.998. The van der Waals surface area contributed by atoms with Gasteiger partial charge in [0.05, 0.1) is 6.42 Å². The predicted molar refractivity (Wildman–Crippen MR) is 129 cm³/mol. The Morgan fingerprint density at radius 3 is 2.50 bits per heavy atom. The summed E-state index contributed by atoms with van der Waals surface area (Å²) in [5.74, 6) is 0.740. The Morgan fingerprint density at radius 1 is 1.09 bits per heavy atom. The maximum atomic E-state index is 13.0. The predicted octanol–water partition coefficient (Wildman–Crippen LogP) is 5.06. The number of rotatable bonds is 7. The van der Waals surface area contributed by atoms with Crippen molar-refractivity contribution in [3.63, 3.8) is 0 Å². The van der Waals surface area contributed by atoms with Gasteiger partial charge in [-0.2, -0.15) is 0 Å². The first-order valence-corrected chi connectivity index (χ1v) is 11.1. The highest BCUT2D eigenvalue weighted by Gasteiger charge is 2.22. The molecule has 176 valence electrons. The Morgan fingerprint density at radius 2 is 1.79 bits per heavy atom. The van der Waals surface area contributed by atoms with E-state index in [0.717, 1.165) is 16.9 Å². The standard InChI is InChI=1S/C26H24ClNO6/c1-15-9-19(32-13-20-14-33-22-5-3-4-6-23(22)34-20)10-16(2)25(15)26(31)28-18-7-8-21(27)17(11-18)12-24(29)30/h3-11,20H,12-14H2,1-2H3,(H,28,31)(H,29,30)/t20-/m1/s1. The fraction of sp³-hybridized carbons (Fsp3) is 0.231. The summed E-state index contributed by atoms with van der Waals surface area (Å²) in [6.45, 7) is 4.36. The lowest BCUT2D eigenvalue weighted by molar-refractivity contribution is -0.136. The van der Waals surface area contributed by atoms with Crippen molar-refractivity contribution in [2.24, 2.45) is 0 Å². The van der Waals surface area contributed by atoms with Gasteiger partial charge in [-0.1, -0.05) is 23.7 Å². The molecule has 0 aromatic heterocycles. The SMILES string of the molecule is Cc1cc(OC[C@@H]2COc3ccccc3O2)cc(C)c1C(=O)Nc1ccc(Cl)c(CC(=O)O)c1. The normalized spacial score (nSPS) is 14.4. The largest absolute Gasteiger partial charge is 0.490 e. The number of aliphatic carboxylic acids is 1. The Labute approximate surface area is 202 Å². The van der Waals surface area contributed by atoms with Gasteiger partial charge >= 0.3 is 5.97 Å². The van der Waals surface area contributed by atoms with Crippen molar-refractivity contribution < 1.29 is 28.9 Å². The second-order valence-corrected chi connectivity index (χ2v) is 8.48. The van der Waals surface area contributed by atoms with Crippen molar-refractivity contribution in [3.8, 4) is 17.2 Å². The summed E-state index contributed by atoms with van der Waals surface area (Å²) in [6.07, 6.45) is -0.475. The molecule has 1 amide bonds. The summed E-state index contributed by atoms with van der Waals surface area (Å²) in [7, 11) is 0. The van der Waals surface area contributed by atoms with Crippen molar-refractivity contribution >= 4 is 29.2 Å². The first-order chi connectivity index (χ1) is 16.3. The van der Waals surface area contributed by atoms with E-state index in [1.165, 1.54) is 0 Å². The minimum Gasteiger partial charge on any atom is -0.490 e. The molecule has 3 aromatic rings. The van der Waals surface area contributed by atoms with Crippen molar-refractivity contribution in [1.82, 2.24) is 0 Å². The number of aryl methyl sites for hydroxylation is 2. The molecule has 0 unspecified atom stereocenters. The van der Waals surface area contributed by atoms with Crippen LogP contribution in [0.4, 0.5) is 5.69 Å². The fourth-order valence-corrected chi connectivity index (χ4v) is 4.03. The van der Waals surface area contributed by atoms with Gasteiger partial charge in [-0.05, 0) is 73.0 Å². The van der Waals surface area contributed by atoms with Crippen LogP contribution in [0.3, 0.4) is 0 Å². The molecular weight excluding hydrogens is 458 g/mol. The Balaban J connectivity index is 1.42. The van der Waals surface area contributed by atoms with Crippen molar-refractivity contribution in [2.75, 3.05) is 18.5 Å². The molecule has 0 spiro atoms. The maximum Gasteiger partial charge on any atom is 0.307 e. The molecule has 0 saturated heterocycles. The van der Waals surface area contributed by atoms with E-state index in [2.05, 4.69) is 5.32 Å². The van der Waals surface area contributed by atoms with E-state index in [9.17, 15) is 9.59 Å². The third kappa shape index (κ3) is 5.43. The van der Waals surface area contributed by atoms with Crippen LogP contribution in [0.2, 0.25) is 5.02 Å². The number of fused-ring (bicyclic) bond motifs is 1. The summed E-state index contributed by atoms with van der Waals surface area (Å²) in [6, 6.07) is 15.9. The first-order valence-electron chi connectivity index (χ1n) is 10.7. The third-order valence-electron chi connectivity index (χ3n) is 5.38. The zero-order valence-electron chi connectivity index (χ0n) is 18.8.